The molecular formula is C33H30N6O5S2. The number of pyridine rings is 2. The number of methoxy groups -OCH3 is 3. The summed E-state index contributed by atoms with van der Waals surface area (Å²) in [7, 11) is 4.82. The highest BCUT2D eigenvalue weighted by Crippen LogP contribution is 2.37. The summed E-state index contributed by atoms with van der Waals surface area (Å²) >= 11 is 2.73. The Kier molecular flexibility index (Phi) is 8.09. The standard InChI is InChI=1S/C17H13N3O3S.C16H17N3O2S/c1-22-11-5-3-10(4-6-11)20-9-19-14-13-12(23-2)7-8-18-16(13)24-15(14)17(20)21;1-21-11-7-8-17-15-12(11)13-14(22-15)16(20)19(9-18-13)10-5-3-2-4-6-10/h3-9H,1-2H3;7-10H,2-6H2,1H3. The highest BCUT2D eigenvalue weighted by atomic mass is 32.1. The Morgan fingerprint density at radius 1 is 0.674 bits per heavy atom. The maximum atomic E-state index is 12.9. The van der Waals surface area contributed by atoms with Gasteiger partial charge in [0.15, 0.2) is 0 Å². The third kappa shape index (κ3) is 5.14. The molecule has 0 N–H and O–H groups in total. The number of aromatic nitrogens is 6. The smallest absolute Gasteiger partial charge is 0.275 e. The van der Waals surface area contributed by atoms with E-state index in [1.165, 1.54) is 52.8 Å². The van der Waals surface area contributed by atoms with Crippen LogP contribution in [0, 0.1) is 0 Å². The maximum absolute atomic E-state index is 12.9. The topological polar surface area (TPSA) is 123 Å². The van der Waals surface area contributed by atoms with Crippen LogP contribution in [0.1, 0.15) is 38.1 Å². The number of fused-ring (bicyclic) bond motifs is 6. The van der Waals surface area contributed by atoms with Crippen LogP contribution < -0.4 is 25.3 Å². The third-order valence-electron chi connectivity index (χ3n) is 8.27. The van der Waals surface area contributed by atoms with Gasteiger partial charge in [0.2, 0.25) is 0 Å². The Labute approximate surface area is 270 Å². The van der Waals surface area contributed by atoms with Crippen molar-refractivity contribution in [3.8, 4) is 22.9 Å². The minimum absolute atomic E-state index is 0.0574. The SMILES string of the molecule is COc1ccc(-n2cnc3c(sc4nccc(OC)c43)c2=O)cc1.COc1ccnc2sc3c(=O)n(C4CCCCC4)cnc3c12. The van der Waals surface area contributed by atoms with E-state index in [4.69, 9.17) is 14.2 Å². The van der Waals surface area contributed by atoms with E-state index in [0.717, 1.165) is 50.5 Å². The molecular weight excluding hydrogens is 625 g/mol. The average Bonchev–Trinajstić information content (AvgIpc) is 3.69. The second-order valence-electron chi connectivity index (χ2n) is 10.8. The molecule has 0 amide bonds. The highest BCUT2D eigenvalue weighted by molar-refractivity contribution is 7.25. The Bertz CT molecular complexity index is 2320. The van der Waals surface area contributed by atoms with Gasteiger partial charge in [0.25, 0.3) is 11.1 Å². The lowest BCUT2D eigenvalue weighted by Crippen LogP contribution is -2.26. The first-order valence-electron chi connectivity index (χ1n) is 14.8. The second kappa shape index (κ2) is 12.5. The number of hydrogen-bond acceptors (Lipinski definition) is 11. The van der Waals surface area contributed by atoms with E-state index in [0.29, 0.717) is 32.2 Å². The van der Waals surface area contributed by atoms with Crippen LogP contribution in [0.2, 0.25) is 0 Å². The molecule has 1 saturated carbocycles. The van der Waals surface area contributed by atoms with E-state index >= 15 is 0 Å². The highest BCUT2D eigenvalue weighted by Gasteiger charge is 2.21. The van der Waals surface area contributed by atoms with Crippen LogP contribution >= 0.6 is 22.7 Å². The van der Waals surface area contributed by atoms with Crippen LogP contribution in [0.4, 0.5) is 0 Å². The Morgan fingerprint density at radius 2 is 1.24 bits per heavy atom. The summed E-state index contributed by atoms with van der Waals surface area (Å²) in [5, 5.41) is 1.62. The first-order valence-corrected chi connectivity index (χ1v) is 16.4. The summed E-state index contributed by atoms with van der Waals surface area (Å²) in [6.07, 6.45) is 12.4. The van der Waals surface area contributed by atoms with Gasteiger partial charge in [-0.25, -0.2) is 19.9 Å². The monoisotopic (exact) mass is 654 g/mol. The largest absolute Gasteiger partial charge is 0.497 e. The molecule has 46 heavy (non-hydrogen) atoms. The fourth-order valence-corrected chi connectivity index (χ4v) is 8.04. The van der Waals surface area contributed by atoms with Crippen molar-refractivity contribution in [1.82, 2.24) is 29.1 Å². The second-order valence-corrected chi connectivity index (χ2v) is 12.8. The minimum atomic E-state index is -0.129. The van der Waals surface area contributed by atoms with E-state index in [1.54, 1.807) is 46.1 Å². The molecule has 0 unspecified atom stereocenters. The molecule has 0 atom stereocenters. The molecule has 8 rings (SSSR count). The van der Waals surface area contributed by atoms with E-state index < -0.39 is 0 Å². The van der Waals surface area contributed by atoms with E-state index in [9.17, 15) is 9.59 Å². The molecule has 1 aliphatic rings. The third-order valence-corrected chi connectivity index (χ3v) is 10.4. The molecule has 7 aromatic rings. The number of nitrogens with zero attached hydrogens (tertiary/aromatic N) is 6. The quantitative estimate of drug-likeness (QED) is 0.204. The van der Waals surface area contributed by atoms with Crippen molar-refractivity contribution < 1.29 is 14.2 Å². The van der Waals surface area contributed by atoms with Gasteiger partial charge in [0.1, 0.15) is 53.7 Å². The van der Waals surface area contributed by atoms with Crippen molar-refractivity contribution >= 4 is 63.5 Å². The molecule has 11 nitrogen and oxygen atoms in total. The van der Waals surface area contributed by atoms with Gasteiger partial charge in [-0.15, -0.1) is 22.7 Å². The number of ether oxygens (including phenoxy) is 3. The van der Waals surface area contributed by atoms with Gasteiger partial charge < -0.3 is 14.2 Å². The van der Waals surface area contributed by atoms with Crippen LogP contribution in [0.15, 0.2) is 71.0 Å². The van der Waals surface area contributed by atoms with Crippen molar-refractivity contribution in [2.24, 2.45) is 0 Å². The molecule has 1 aromatic carbocycles. The normalized spacial score (nSPS) is 13.6. The molecule has 0 spiro atoms. The zero-order chi connectivity index (χ0) is 31.8. The molecule has 6 aromatic heterocycles. The number of rotatable bonds is 5. The Morgan fingerprint density at radius 3 is 1.80 bits per heavy atom. The lowest BCUT2D eigenvalue weighted by Gasteiger charge is -2.23. The summed E-state index contributed by atoms with van der Waals surface area (Å²) in [5.74, 6) is 2.12. The maximum Gasteiger partial charge on any atom is 0.275 e. The van der Waals surface area contributed by atoms with Gasteiger partial charge >= 0.3 is 0 Å². The molecule has 234 valence electrons. The Hall–Kier alpha value is -4.88. The van der Waals surface area contributed by atoms with E-state index in [1.807, 2.05) is 34.9 Å². The van der Waals surface area contributed by atoms with Crippen molar-refractivity contribution in [3.63, 3.8) is 0 Å². The van der Waals surface area contributed by atoms with Crippen LogP contribution in [-0.4, -0.2) is 50.4 Å². The van der Waals surface area contributed by atoms with Crippen LogP contribution in [0.25, 0.3) is 46.6 Å². The number of hydrogen-bond donors (Lipinski definition) is 0. The summed E-state index contributed by atoms with van der Waals surface area (Å²) in [6, 6.07) is 11.1. The molecule has 0 aliphatic heterocycles. The fraction of sp³-hybridized carbons (Fsp3) is 0.273. The predicted octanol–water partition coefficient (Wildman–Crippen LogP) is 6.53. The van der Waals surface area contributed by atoms with Gasteiger partial charge in [-0.2, -0.15) is 0 Å². The zero-order valence-corrected chi connectivity index (χ0v) is 27.1. The summed E-state index contributed by atoms with van der Waals surface area (Å²) in [6.45, 7) is 0. The van der Waals surface area contributed by atoms with Gasteiger partial charge in [0.05, 0.1) is 44.1 Å². The number of benzene rings is 1. The number of thiophene rings is 2. The van der Waals surface area contributed by atoms with Gasteiger partial charge in [0, 0.05) is 18.4 Å². The van der Waals surface area contributed by atoms with Crippen LogP contribution in [0.5, 0.6) is 17.2 Å². The molecule has 1 aliphatic carbocycles. The van der Waals surface area contributed by atoms with E-state index in [2.05, 4.69) is 19.9 Å². The van der Waals surface area contributed by atoms with Crippen molar-refractivity contribution in [3.05, 3.63) is 82.2 Å². The first kappa shape index (κ1) is 29.8. The molecule has 1 fully saturated rings. The first-order chi connectivity index (χ1) is 22.5. The van der Waals surface area contributed by atoms with Crippen molar-refractivity contribution in [1.29, 1.82) is 0 Å². The van der Waals surface area contributed by atoms with Gasteiger partial charge in [-0.3, -0.25) is 18.7 Å². The zero-order valence-electron chi connectivity index (χ0n) is 25.4. The van der Waals surface area contributed by atoms with E-state index in [-0.39, 0.29) is 11.1 Å². The molecule has 0 saturated heterocycles. The minimum Gasteiger partial charge on any atom is -0.497 e. The molecule has 0 bridgehead atoms. The van der Waals surface area contributed by atoms with Crippen LogP contribution in [-0.2, 0) is 0 Å². The molecule has 6 heterocycles. The average molecular weight is 655 g/mol. The Balaban J connectivity index is 0.000000147. The van der Waals surface area contributed by atoms with Crippen LogP contribution in [0.3, 0.4) is 0 Å². The van der Waals surface area contributed by atoms with Gasteiger partial charge in [-0.1, -0.05) is 19.3 Å². The molecule has 13 heteroatoms. The lowest BCUT2D eigenvalue weighted by atomic mass is 9.95. The predicted molar refractivity (Wildman–Crippen MR) is 181 cm³/mol. The van der Waals surface area contributed by atoms with Crippen molar-refractivity contribution in [2.75, 3.05) is 21.3 Å². The summed E-state index contributed by atoms with van der Waals surface area (Å²) in [5.41, 5.74) is 1.99. The van der Waals surface area contributed by atoms with Gasteiger partial charge in [-0.05, 0) is 49.2 Å². The van der Waals surface area contributed by atoms with Crippen molar-refractivity contribution in [2.45, 2.75) is 38.1 Å². The lowest BCUT2D eigenvalue weighted by molar-refractivity contribution is 0.345. The summed E-state index contributed by atoms with van der Waals surface area (Å²) in [4.78, 5) is 45.0. The summed E-state index contributed by atoms with van der Waals surface area (Å²) < 4.78 is 20.5. The fourth-order valence-electron chi connectivity index (χ4n) is 5.95. The molecule has 0 radical (unpaired) electrons.